The molecule has 1 N–H and O–H groups in total. The van der Waals surface area contributed by atoms with Crippen molar-refractivity contribution in [2.75, 3.05) is 0 Å². The first kappa shape index (κ1) is 12.9. The first-order valence-electron chi connectivity index (χ1n) is 6.29. The third-order valence-electron chi connectivity index (χ3n) is 3.48. The van der Waals surface area contributed by atoms with E-state index in [-0.39, 0.29) is 0 Å². The molecule has 0 aliphatic heterocycles. The topological polar surface area (TPSA) is 33.4 Å². The minimum Gasteiger partial charge on any atom is -0.466 e. The smallest absolute Gasteiger partial charge is 0.106 e. The number of hydrogen-bond acceptors (Lipinski definition) is 2. The molecule has 2 nitrogen and oxygen atoms in total. The molecule has 0 aliphatic rings. The number of hydrogen-bond donors (Lipinski definition) is 1. The second-order valence-corrected chi connectivity index (χ2v) is 4.96. The maximum Gasteiger partial charge on any atom is 0.106 e. The highest BCUT2D eigenvalue weighted by Gasteiger charge is 2.16. The molecule has 18 heavy (non-hydrogen) atoms. The fourth-order valence-electron chi connectivity index (χ4n) is 2.46. The van der Waals surface area contributed by atoms with Crippen molar-refractivity contribution in [2.24, 2.45) is 0 Å². The van der Waals surface area contributed by atoms with Crippen molar-refractivity contribution in [3.8, 4) is 0 Å². The van der Waals surface area contributed by atoms with Crippen molar-refractivity contribution < 1.29 is 9.52 Å². The number of aliphatic hydroxyl groups excluding tert-OH is 1. The molecule has 0 bridgehead atoms. The minimum absolute atomic E-state index is 0.498. The molecule has 1 aromatic carbocycles. The lowest BCUT2D eigenvalue weighted by atomic mass is 9.95. The SMILES string of the molecule is Cc1cc(C(O)Cc2c(C)cccc2C)c(C)o1. The quantitative estimate of drug-likeness (QED) is 0.891. The molecular formula is C16H20O2. The van der Waals surface area contributed by atoms with Gasteiger partial charge in [-0.2, -0.15) is 0 Å². The molecule has 0 saturated carbocycles. The average molecular weight is 244 g/mol. The Morgan fingerprint density at radius 3 is 2.22 bits per heavy atom. The maximum atomic E-state index is 10.4. The lowest BCUT2D eigenvalue weighted by Crippen LogP contribution is -2.05. The molecule has 1 unspecified atom stereocenters. The van der Waals surface area contributed by atoms with E-state index in [2.05, 4.69) is 26.0 Å². The van der Waals surface area contributed by atoms with Gasteiger partial charge in [0.15, 0.2) is 0 Å². The zero-order valence-electron chi connectivity index (χ0n) is 11.4. The van der Waals surface area contributed by atoms with Gasteiger partial charge in [-0.15, -0.1) is 0 Å². The van der Waals surface area contributed by atoms with Gasteiger partial charge >= 0.3 is 0 Å². The van der Waals surface area contributed by atoms with Gasteiger partial charge in [-0.3, -0.25) is 0 Å². The lowest BCUT2D eigenvalue weighted by molar-refractivity contribution is 0.176. The molecule has 0 amide bonds. The van der Waals surface area contributed by atoms with Gasteiger partial charge in [0.25, 0.3) is 0 Å². The average Bonchev–Trinajstić information content (AvgIpc) is 2.63. The summed E-state index contributed by atoms with van der Waals surface area (Å²) in [5.74, 6) is 1.66. The van der Waals surface area contributed by atoms with Gasteiger partial charge in [0.1, 0.15) is 11.5 Å². The van der Waals surface area contributed by atoms with E-state index in [1.54, 1.807) is 0 Å². The summed E-state index contributed by atoms with van der Waals surface area (Å²) in [5.41, 5.74) is 4.58. The molecule has 1 atom stereocenters. The first-order valence-corrected chi connectivity index (χ1v) is 6.29. The summed E-state index contributed by atoms with van der Waals surface area (Å²) in [7, 11) is 0. The molecule has 0 saturated heterocycles. The Kier molecular flexibility index (Phi) is 3.58. The van der Waals surface area contributed by atoms with Gasteiger partial charge in [-0.25, -0.2) is 0 Å². The Labute approximate surface area is 108 Å². The van der Waals surface area contributed by atoms with E-state index in [0.29, 0.717) is 6.42 Å². The van der Waals surface area contributed by atoms with Crippen molar-refractivity contribution in [3.63, 3.8) is 0 Å². The van der Waals surface area contributed by atoms with Crippen LogP contribution in [0, 0.1) is 27.7 Å². The molecule has 0 aliphatic carbocycles. The number of aryl methyl sites for hydroxylation is 4. The van der Waals surface area contributed by atoms with Crippen molar-refractivity contribution in [1.29, 1.82) is 0 Å². The summed E-state index contributed by atoms with van der Waals surface area (Å²) >= 11 is 0. The van der Waals surface area contributed by atoms with Crippen LogP contribution in [-0.4, -0.2) is 5.11 Å². The van der Waals surface area contributed by atoms with Crippen LogP contribution in [0.5, 0.6) is 0 Å². The Morgan fingerprint density at radius 2 is 1.72 bits per heavy atom. The van der Waals surface area contributed by atoms with Gasteiger partial charge in [-0.1, -0.05) is 18.2 Å². The van der Waals surface area contributed by atoms with Crippen LogP contribution in [0.3, 0.4) is 0 Å². The molecular weight excluding hydrogens is 224 g/mol. The zero-order chi connectivity index (χ0) is 13.3. The highest BCUT2D eigenvalue weighted by molar-refractivity contribution is 5.35. The van der Waals surface area contributed by atoms with E-state index in [0.717, 1.165) is 17.1 Å². The van der Waals surface area contributed by atoms with Crippen LogP contribution in [0.15, 0.2) is 28.7 Å². The van der Waals surface area contributed by atoms with Crippen LogP contribution in [0.1, 0.15) is 39.9 Å². The molecule has 1 aromatic heterocycles. The fourth-order valence-corrected chi connectivity index (χ4v) is 2.46. The van der Waals surface area contributed by atoms with E-state index in [1.807, 2.05) is 26.0 Å². The molecule has 0 radical (unpaired) electrons. The van der Waals surface area contributed by atoms with Crippen LogP contribution >= 0.6 is 0 Å². The van der Waals surface area contributed by atoms with E-state index in [1.165, 1.54) is 16.7 Å². The summed E-state index contributed by atoms with van der Waals surface area (Å²) in [5, 5.41) is 10.4. The fraction of sp³-hybridized carbons (Fsp3) is 0.375. The standard InChI is InChI=1S/C16H20O2/c1-10-6-5-7-11(2)14(10)9-16(17)15-8-12(3)18-13(15)4/h5-8,16-17H,9H2,1-4H3. The Morgan fingerprint density at radius 1 is 1.11 bits per heavy atom. The third kappa shape index (κ3) is 2.49. The maximum absolute atomic E-state index is 10.4. The van der Waals surface area contributed by atoms with Gasteiger partial charge in [0, 0.05) is 12.0 Å². The van der Waals surface area contributed by atoms with Gasteiger partial charge < -0.3 is 9.52 Å². The van der Waals surface area contributed by atoms with E-state index in [4.69, 9.17) is 4.42 Å². The van der Waals surface area contributed by atoms with Crippen molar-refractivity contribution in [2.45, 2.75) is 40.2 Å². The summed E-state index contributed by atoms with van der Waals surface area (Å²) in [4.78, 5) is 0. The van der Waals surface area contributed by atoms with Crippen LogP contribution in [0.25, 0.3) is 0 Å². The number of furan rings is 1. The summed E-state index contributed by atoms with van der Waals surface area (Å²) in [6.07, 6.45) is 0.139. The Bertz CT molecular complexity index is 532. The molecule has 0 spiro atoms. The molecule has 2 rings (SSSR count). The van der Waals surface area contributed by atoms with Crippen LogP contribution < -0.4 is 0 Å². The van der Waals surface area contributed by atoms with Crippen molar-refractivity contribution in [3.05, 3.63) is 58.0 Å². The van der Waals surface area contributed by atoms with E-state index >= 15 is 0 Å². The van der Waals surface area contributed by atoms with Gasteiger partial charge in [0.2, 0.25) is 0 Å². The summed E-state index contributed by atoms with van der Waals surface area (Å²) in [6.45, 7) is 7.98. The predicted octanol–water partition coefficient (Wildman–Crippen LogP) is 3.79. The largest absolute Gasteiger partial charge is 0.466 e. The molecule has 2 heteroatoms. The summed E-state index contributed by atoms with van der Waals surface area (Å²) < 4.78 is 5.47. The van der Waals surface area contributed by atoms with Gasteiger partial charge in [0.05, 0.1) is 6.10 Å². The third-order valence-corrected chi connectivity index (χ3v) is 3.48. The number of aliphatic hydroxyl groups is 1. The Hall–Kier alpha value is -1.54. The van der Waals surface area contributed by atoms with Crippen molar-refractivity contribution in [1.82, 2.24) is 0 Å². The summed E-state index contributed by atoms with van der Waals surface area (Å²) in [6, 6.07) is 8.15. The van der Waals surface area contributed by atoms with Crippen LogP contribution in [-0.2, 0) is 6.42 Å². The highest BCUT2D eigenvalue weighted by Crippen LogP contribution is 2.26. The second kappa shape index (κ2) is 4.99. The minimum atomic E-state index is -0.498. The highest BCUT2D eigenvalue weighted by atomic mass is 16.3. The molecule has 2 aromatic rings. The van der Waals surface area contributed by atoms with Crippen LogP contribution in [0.2, 0.25) is 0 Å². The number of rotatable bonds is 3. The molecule has 1 heterocycles. The van der Waals surface area contributed by atoms with E-state index < -0.39 is 6.10 Å². The zero-order valence-corrected chi connectivity index (χ0v) is 11.4. The lowest BCUT2D eigenvalue weighted by Gasteiger charge is -2.14. The molecule has 96 valence electrons. The van der Waals surface area contributed by atoms with Gasteiger partial charge in [-0.05, 0) is 50.5 Å². The van der Waals surface area contributed by atoms with E-state index in [9.17, 15) is 5.11 Å². The second-order valence-electron chi connectivity index (χ2n) is 4.96. The predicted molar refractivity (Wildman–Crippen MR) is 72.8 cm³/mol. The first-order chi connectivity index (χ1) is 8.49. The van der Waals surface area contributed by atoms with Crippen molar-refractivity contribution >= 4 is 0 Å². The van der Waals surface area contributed by atoms with Crippen LogP contribution in [0.4, 0.5) is 0 Å². The normalized spacial score (nSPS) is 12.7. The number of benzene rings is 1. The molecule has 0 fully saturated rings. The monoisotopic (exact) mass is 244 g/mol. The Balaban J connectivity index is 2.26.